The summed E-state index contributed by atoms with van der Waals surface area (Å²) in [6, 6.07) is 1.16. The molecule has 0 aliphatic carbocycles. The largest absolute Gasteiger partial charge is 0.506 e. The van der Waals surface area contributed by atoms with E-state index in [0.29, 0.717) is 18.4 Å². The highest BCUT2D eigenvalue weighted by molar-refractivity contribution is 6.12. The van der Waals surface area contributed by atoms with E-state index in [1.54, 1.807) is 19.1 Å². The highest BCUT2D eigenvalue weighted by Crippen LogP contribution is 2.47. The van der Waals surface area contributed by atoms with E-state index in [1.807, 2.05) is 20.8 Å². The first kappa shape index (κ1) is 19.2. The fraction of sp³-hybridized carbons (Fsp3) is 0.429. The second-order valence-corrected chi connectivity index (χ2v) is 7.33. The van der Waals surface area contributed by atoms with Gasteiger partial charge in [-0.3, -0.25) is 4.79 Å². The molecule has 0 amide bonds. The van der Waals surface area contributed by atoms with E-state index in [4.69, 9.17) is 9.15 Å². The Hall–Kier alpha value is -2.60. The number of aromatic hydroxyl groups is 1. The maximum Gasteiger partial charge on any atom is 0.336 e. The second-order valence-electron chi connectivity index (χ2n) is 7.33. The quantitative estimate of drug-likeness (QED) is 0.606. The Morgan fingerprint density at radius 1 is 1.30 bits per heavy atom. The number of aliphatic hydroxyl groups is 1. The van der Waals surface area contributed by atoms with Gasteiger partial charge >= 0.3 is 5.63 Å². The number of hydrogen-bond acceptors (Lipinski definition) is 6. The molecule has 6 nitrogen and oxygen atoms in total. The maximum absolute atomic E-state index is 12.9. The molecular weight excluding hydrogens is 348 g/mol. The normalized spacial score (nSPS) is 16.0. The monoisotopic (exact) mass is 372 g/mol. The van der Waals surface area contributed by atoms with Crippen molar-refractivity contribution in [1.29, 1.82) is 0 Å². The number of carbonyl (C=O) groups is 1. The topological polar surface area (TPSA) is 97.0 Å². The van der Waals surface area contributed by atoms with Crippen molar-refractivity contribution >= 4 is 22.8 Å². The van der Waals surface area contributed by atoms with Crippen LogP contribution in [0.15, 0.2) is 21.4 Å². The lowest BCUT2D eigenvalue weighted by atomic mass is 9.91. The van der Waals surface area contributed by atoms with Crippen molar-refractivity contribution in [3.63, 3.8) is 0 Å². The Labute approximate surface area is 157 Å². The number of rotatable bonds is 5. The summed E-state index contributed by atoms with van der Waals surface area (Å²) in [6.45, 7) is 7.29. The summed E-state index contributed by atoms with van der Waals surface area (Å²) in [7, 11) is 0. The number of carbonyl (C=O) groups excluding carboxylic acids is 1. The van der Waals surface area contributed by atoms with Crippen LogP contribution in [0.3, 0.4) is 0 Å². The van der Waals surface area contributed by atoms with E-state index in [-0.39, 0.29) is 45.8 Å². The van der Waals surface area contributed by atoms with E-state index in [1.165, 1.54) is 0 Å². The van der Waals surface area contributed by atoms with Gasteiger partial charge in [-0.1, -0.05) is 13.8 Å². The zero-order valence-corrected chi connectivity index (χ0v) is 16.0. The van der Waals surface area contributed by atoms with Crippen molar-refractivity contribution < 1.29 is 24.2 Å². The molecule has 1 aromatic carbocycles. The molecular formula is C21H24O6. The molecule has 144 valence electrons. The van der Waals surface area contributed by atoms with E-state index in [0.717, 1.165) is 6.07 Å². The van der Waals surface area contributed by atoms with Crippen LogP contribution in [0.1, 0.15) is 74.5 Å². The Kier molecular flexibility index (Phi) is 4.86. The molecule has 1 aliphatic heterocycles. The minimum Gasteiger partial charge on any atom is -0.506 e. The summed E-state index contributed by atoms with van der Waals surface area (Å²) in [4.78, 5) is 25.0. The van der Waals surface area contributed by atoms with E-state index < -0.39 is 17.3 Å². The molecule has 2 aromatic rings. The Morgan fingerprint density at radius 3 is 2.63 bits per heavy atom. The summed E-state index contributed by atoms with van der Waals surface area (Å²) in [5.41, 5.74) is -0.687. The van der Waals surface area contributed by atoms with Crippen LogP contribution in [0.2, 0.25) is 0 Å². The van der Waals surface area contributed by atoms with Crippen molar-refractivity contribution in [3.8, 4) is 11.5 Å². The van der Waals surface area contributed by atoms with Gasteiger partial charge in [0.25, 0.3) is 0 Å². The van der Waals surface area contributed by atoms with Gasteiger partial charge in [0, 0.05) is 18.1 Å². The lowest BCUT2D eigenvalue weighted by Crippen LogP contribution is -2.29. The molecule has 2 heterocycles. The zero-order chi connectivity index (χ0) is 19.9. The van der Waals surface area contributed by atoms with Crippen molar-refractivity contribution in [2.75, 3.05) is 0 Å². The van der Waals surface area contributed by atoms with Gasteiger partial charge in [-0.25, -0.2) is 4.79 Å². The first-order valence-corrected chi connectivity index (χ1v) is 9.16. The third kappa shape index (κ3) is 3.25. The Balaban J connectivity index is 2.50. The Morgan fingerprint density at radius 2 is 2.00 bits per heavy atom. The molecule has 0 saturated carbocycles. The van der Waals surface area contributed by atoms with E-state index in [9.17, 15) is 19.8 Å². The zero-order valence-electron chi connectivity index (χ0n) is 16.0. The fourth-order valence-electron chi connectivity index (χ4n) is 3.34. The number of hydrogen-bond donors (Lipinski definition) is 2. The molecule has 0 saturated heterocycles. The van der Waals surface area contributed by atoms with Gasteiger partial charge in [-0.2, -0.15) is 0 Å². The molecule has 0 unspecified atom stereocenters. The van der Waals surface area contributed by atoms with Crippen LogP contribution in [0.5, 0.6) is 11.5 Å². The number of ketones is 1. The number of aliphatic hydroxyl groups excluding tert-OH is 1. The molecule has 0 spiro atoms. The van der Waals surface area contributed by atoms with Crippen LogP contribution in [0.25, 0.3) is 17.0 Å². The molecule has 6 heteroatoms. The molecule has 3 rings (SSSR count). The summed E-state index contributed by atoms with van der Waals surface area (Å²) in [5.74, 6) is -0.209. The fourth-order valence-corrected chi connectivity index (χ4v) is 3.34. The van der Waals surface area contributed by atoms with E-state index >= 15 is 0 Å². The summed E-state index contributed by atoms with van der Waals surface area (Å²) in [6.07, 6.45) is 3.70. The van der Waals surface area contributed by atoms with Crippen LogP contribution in [-0.2, 0) is 0 Å². The second kappa shape index (κ2) is 6.85. The van der Waals surface area contributed by atoms with Crippen LogP contribution < -0.4 is 10.4 Å². The minimum atomic E-state index is -0.973. The van der Waals surface area contributed by atoms with Crippen molar-refractivity contribution in [3.05, 3.63) is 39.3 Å². The first-order valence-electron chi connectivity index (χ1n) is 9.16. The van der Waals surface area contributed by atoms with Crippen LogP contribution in [0.4, 0.5) is 0 Å². The van der Waals surface area contributed by atoms with Gasteiger partial charge in [0.2, 0.25) is 0 Å². The summed E-state index contributed by atoms with van der Waals surface area (Å²) < 4.78 is 11.3. The number of phenols is 1. The van der Waals surface area contributed by atoms with Crippen molar-refractivity contribution in [1.82, 2.24) is 0 Å². The molecule has 1 aliphatic rings. The number of phenolic OH excluding ortho intramolecular Hbond substituents is 1. The third-order valence-corrected chi connectivity index (χ3v) is 4.70. The van der Waals surface area contributed by atoms with Gasteiger partial charge in [0.15, 0.2) is 11.4 Å². The summed E-state index contributed by atoms with van der Waals surface area (Å²) >= 11 is 0. The number of Topliss-reactive ketones (excluding diaryl/α,β-unsaturated/α-hetero) is 1. The molecule has 1 atom stereocenters. The average Bonchev–Trinajstić information content (AvgIpc) is 2.59. The third-order valence-electron chi connectivity index (χ3n) is 4.70. The number of ether oxygens (including phenoxy) is 1. The molecule has 27 heavy (non-hydrogen) atoms. The highest BCUT2D eigenvalue weighted by Gasteiger charge is 2.33. The molecule has 0 radical (unpaired) electrons. The number of fused-ring (bicyclic) bond motifs is 2. The number of benzene rings is 1. The predicted octanol–water partition coefficient (Wildman–Crippen LogP) is 4.11. The maximum atomic E-state index is 12.9. The first-order chi connectivity index (χ1) is 12.7. The lowest BCUT2D eigenvalue weighted by Gasteiger charge is -2.30. The molecule has 0 bridgehead atoms. The SMILES string of the molecule is CCCC(=O)c1c2c(c(O)c3c([C@@H](O)CC)cc(=O)oc13)C=CC(C)(C)O2. The molecule has 0 fully saturated rings. The smallest absolute Gasteiger partial charge is 0.336 e. The lowest BCUT2D eigenvalue weighted by molar-refractivity contribution is 0.0969. The molecule has 1 aromatic heterocycles. The van der Waals surface area contributed by atoms with E-state index in [2.05, 4.69) is 0 Å². The van der Waals surface area contributed by atoms with Crippen LogP contribution in [0, 0.1) is 0 Å². The standard InChI is InChI=1S/C21H24O6/c1-5-7-14(23)17-19-11(8-9-21(3,4)27-19)18(25)16-12(13(22)6-2)10-15(24)26-20(16)17/h8-10,13,22,25H,5-7H2,1-4H3/t13-/m0/s1. The van der Waals surface area contributed by atoms with Crippen LogP contribution in [-0.4, -0.2) is 21.6 Å². The van der Waals surface area contributed by atoms with Gasteiger partial charge in [0.1, 0.15) is 22.7 Å². The van der Waals surface area contributed by atoms with Crippen molar-refractivity contribution in [2.24, 2.45) is 0 Å². The molecule has 2 N–H and O–H groups in total. The minimum absolute atomic E-state index is 0.0363. The van der Waals surface area contributed by atoms with Gasteiger partial charge in [-0.05, 0) is 38.8 Å². The van der Waals surface area contributed by atoms with Gasteiger partial charge < -0.3 is 19.4 Å². The van der Waals surface area contributed by atoms with Crippen molar-refractivity contribution in [2.45, 2.75) is 58.7 Å². The van der Waals surface area contributed by atoms with Gasteiger partial charge in [0.05, 0.1) is 17.1 Å². The average molecular weight is 372 g/mol. The highest BCUT2D eigenvalue weighted by atomic mass is 16.5. The summed E-state index contributed by atoms with van der Waals surface area (Å²) in [5, 5.41) is 21.4. The van der Waals surface area contributed by atoms with Crippen LogP contribution >= 0.6 is 0 Å². The predicted molar refractivity (Wildman–Crippen MR) is 102 cm³/mol. The van der Waals surface area contributed by atoms with Gasteiger partial charge in [-0.15, -0.1) is 0 Å². The Bertz CT molecular complexity index is 996.